The van der Waals surface area contributed by atoms with Crippen molar-refractivity contribution in [3.8, 4) is 0 Å². The predicted molar refractivity (Wildman–Crippen MR) is 133 cm³/mol. The van der Waals surface area contributed by atoms with Gasteiger partial charge in [-0.1, -0.05) is 48.0 Å². The van der Waals surface area contributed by atoms with Crippen molar-refractivity contribution in [1.82, 2.24) is 4.98 Å². The van der Waals surface area contributed by atoms with Gasteiger partial charge in [-0.25, -0.2) is 0 Å². The van der Waals surface area contributed by atoms with Gasteiger partial charge in [0.25, 0.3) is 5.91 Å². The lowest BCUT2D eigenvalue weighted by Crippen LogP contribution is -2.40. The number of aromatic nitrogens is 1. The Kier molecular flexibility index (Phi) is 5.41. The highest BCUT2D eigenvalue weighted by Crippen LogP contribution is 2.48. The van der Waals surface area contributed by atoms with Crippen LogP contribution in [-0.4, -0.2) is 16.7 Å². The van der Waals surface area contributed by atoms with E-state index in [4.69, 9.17) is 0 Å². The van der Waals surface area contributed by atoms with Crippen molar-refractivity contribution >= 4 is 39.0 Å². The highest BCUT2D eigenvalue weighted by atomic mass is 79.9. The molecule has 0 radical (unpaired) electrons. The molecule has 0 bridgehead atoms. The Morgan fingerprint density at radius 3 is 2.48 bits per heavy atom. The number of para-hydroxylation sites is 2. The van der Waals surface area contributed by atoms with E-state index in [1.807, 2.05) is 54.6 Å². The van der Waals surface area contributed by atoms with Crippen molar-refractivity contribution < 1.29 is 9.59 Å². The lowest BCUT2D eigenvalue weighted by atomic mass is 9.73. The molecule has 5 nitrogen and oxygen atoms in total. The van der Waals surface area contributed by atoms with Crippen LogP contribution >= 0.6 is 15.9 Å². The van der Waals surface area contributed by atoms with E-state index >= 15 is 0 Å². The van der Waals surface area contributed by atoms with Gasteiger partial charge in [0.2, 0.25) is 0 Å². The first kappa shape index (κ1) is 21.6. The number of Topliss-reactive ketones (excluding diaryl/α,β-unsaturated/α-hetero) is 1. The third kappa shape index (κ3) is 4.00. The lowest BCUT2D eigenvalue weighted by Gasteiger charge is -2.36. The van der Waals surface area contributed by atoms with Gasteiger partial charge in [-0.15, -0.1) is 0 Å². The maximum atomic E-state index is 14.0. The van der Waals surface area contributed by atoms with Crippen molar-refractivity contribution in [1.29, 1.82) is 0 Å². The molecule has 0 saturated heterocycles. The van der Waals surface area contributed by atoms with Crippen LogP contribution in [0.3, 0.4) is 0 Å². The number of rotatable bonds is 2. The minimum Gasteiger partial charge on any atom is -0.357 e. The number of carbonyl (C=O) groups excluding carboxylic acids is 2. The standard InChI is InChI=1S/C27H24BrN3O2/c1-27(2)15-21-24(23(32)16-27)25(20-8-5-6-14-29-20)31(22-9-4-3-7-19(22)30-21)26(33)17-10-12-18(28)13-11-17/h3-14,25,30H,15-16H2,1-2H3/t25-/m1/s1. The Morgan fingerprint density at radius 1 is 1.03 bits per heavy atom. The molecular weight excluding hydrogens is 478 g/mol. The fraction of sp³-hybridized carbons (Fsp3) is 0.222. The van der Waals surface area contributed by atoms with E-state index in [0.29, 0.717) is 29.7 Å². The molecule has 0 saturated carbocycles. The summed E-state index contributed by atoms with van der Waals surface area (Å²) < 4.78 is 0.896. The molecule has 33 heavy (non-hydrogen) atoms. The first-order valence-electron chi connectivity index (χ1n) is 11.0. The molecule has 1 amide bonds. The van der Waals surface area contributed by atoms with E-state index in [-0.39, 0.29) is 17.1 Å². The largest absolute Gasteiger partial charge is 0.357 e. The number of hydrogen-bond donors (Lipinski definition) is 1. The second-order valence-corrected chi connectivity index (χ2v) is 10.2. The Morgan fingerprint density at radius 2 is 1.76 bits per heavy atom. The topological polar surface area (TPSA) is 62.3 Å². The van der Waals surface area contributed by atoms with E-state index in [1.54, 1.807) is 23.2 Å². The number of anilines is 2. The molecule has 1 aliphatic heterocycles. The molecule has 5 rings (SSSR count). The summed E-state index contributed by atoms with van der Waals surface area (Å²) in [7, 11) is 0. The van der Waals surface area contributed by atoms with Gasteiger partial charge in [-0.3, -0.25) is 19.5 Å². The summed E-state index contributed by atoms with van der Waals surface area (Å²) in [4.78, 5) is 34.0. The highest BCUT2D eigenvalue weighted by molar-refractivity contribution is 9.10. The number of amides is 1. The molecule has 2 heterocycles. The molecule has 2 aliphatic rings. The normalized spacial score (nSPS) is 19.3. The summed E-state index contributed by atoms with van der Waals surface area (Å²) in [6.07, 6.45) is 2.85. The van der Waals surface area contributed by atoms with Crippen LogP contribution in [0.1, 0.15) is 48.8 Å². The van der Waals surface area contributed by atoms with Gasteiger partial charge in [0.1, 0.15) is 6.04 Å². The zero-order valence-electron chi connectivity index (χ0n) is 18.5. The van der Waals surface area contributed by atoms with Crippen LogP contribution in [0.25, 0.3) is 0 Å². The highest BCUT2D eigenvalue weighted by Gasteiger charge is 2.43. The van der Waals surface area contributed by atoms with E-state index in [1.165, 1.54) is 0 Å². The number of fused-ring (bicyclic) bond motifs is 1. The van der Waals surface area contributed by atoms with Crippen molar-refractivity contribution in [2.75, 3.05) is 10.2 Å². The quantitative estimate of drug-likeness (QED) is 0.447. The van der Waals surface area contributed by atoms with Crippen LogP contribution < -0.4 is 10.2 Å². The molecule has 3 aromatic rings. The van der Waals surface area contributed by atoms with Crippen molar-refractivity contribution in [3.63, 3.8) is 0 Å². The number of allylic oxidation sites excluding steroid dienone is 1. The number of halogens is 1. The monoisotopic (exact) mass is 501 g/mol. The average Bonchev–Trinajstić information content (AvgIpc) is 2.93. The van der Waals surface area contributed by atoms with Gasteiger partial charge in [-0.2, -0.15) is 0 Å². The molecule has 1 N–H and O–H groups in total. The van der Waals surface area contributed by atoms with Crippen LogP contribution in [-0.2, 0) is 4.79 Å². The molecule has 166 valence electrons. The van der Waals surface area contributed by atoms with Crippen molar-refractivity contribution in [3.05, 3.63) is 99.9 Å². The fourth-order valence-corrected chi connectivity index (χ4v) is 5.02. The van der Waals surface area contributed by atoms with Gasteiger partial charge in [-0.05, 0) is 60.4 Å². The fourth-order valence-electron chi connectivity index (χ4n) is 4.76. The van der Waals surface area contributed by atoms with Gasteiger partial charge >= 0.3 is 0 Å². The molecular formula is C27H24BrN3O2. The summed E-state index contributed by atoms with van der Waals surface area (Å²) in [5.74, 6) is -0.135. The van der Waals surface area contributed by atoms with E-state index in [9.17, 15) is 9.59 Å². The molecule has 1 atom stereocenters. The SMILES string of the molecule is CC1(C)CC(=O)C2=C(C1)Nc1ccccc1N(C(=O)c1ccc(Br)cc1)[C@@H]2c1ccccn1. The minimum atomic E-state index is -0.628. The third-order valence-corrected chi connectivity index (χ3v) is 6.71. The second-order valence-electron chi connectivity index (χ2n) is 9.31. The molecule has 1 aliphatic carbocycles. The zero-order valence-corrected chi connectivity index (χ0v) is 20.1. The Hall–Kier alpha value is -3.25. The second kappa shape index (κ2) is 8.27. The molecule has 6 heteroatoms. The number of nitrogens with one attached hydrogen (secondary N) is 1. The number of benzene rings is 2. The van der Waals surface area contributed by atoms with Crippen LogP contribution in [0.15, 0.2) is 88.7 Å². The van der Waals surface area contributed by atoms with E-state index in [0.717, 1.165) is 21.5 Å². The Labute approximate surface area is 201 Å². The number of hydrogen-bond acceptors (Lipinski definition) is 4. The Bertz CT molecular complexity index is 1270. The van der Waals surface area contributed by atoms with Crippen LogP contribution in [0, 0.1) is 5.41 Å². The Balaban J connectivity index is 1.78. The number of carbonyl (C=O) groups is 2. The number of ketones is 1. The smallest absolute Gasteiger partial charge is 0.259 e. The minimum absolute atomic E-state index is 0.0471. The number of pyridine rings is 1. The number of nitrogens with zero attached hydrogens (tertiary/aromatic N) is 2. The van der Waals surface area contributed by atoms with E-state index < -0.39 is 6.04 Å². The first-order chi connectivity index (χ1) is 15.8. The summed E-state index contributed by atoms with van der Waals surface area (Å²) in [5.41, 5.74) is 4.06. The van der Waals surface area contributed by atoms with E-state index in [2.05, 4.69) is 40.1 Å². The molecule has 0 spiro atoms. The molecule has 0 unspecified atom stereocenters. The maximum Gasteiger partial charge on any atom is 0.259 e. The molecule has 0 fully saturated rings. The summed E-state index contributed by atoms with van der Waals surface area (Å²) in [5, 5.41) is 3.52. The average molecular weight is 502 g/mol. The predicted octanol–water partition coefficient (Wildman–Crippen LogP) is 6.30. The molecule has 1 aromatic heterocycles. The maximum absolute atomic E-state index is 14.0. The summed E-state index contributed by atoms with van der Waals surface area (Å²) >= 11 is 3.44. The summed E-state index contributed by atoms with van der Waals surface area (Å²) in [6.45, 7) is 4.21. The van der Waals surface area contributed by atoms with Crippen molar-refractivity contribution in [2.45, 2.75) is 32.7 Å². The molecule has 2 aromatic carbocycles. The van der Waals surface area contributed by atoms with Crippen LogP contribution in [0.2, 0.25) is 0 Å². The zero-order chi connectivity index (χ0) is 23.2. The van der Waals surface area contributed by atoms with Gasteiger partial charge < -0.3 is 5.32 Å². The van der Waals surface area contributed by atoms with Crippen LogP contribution in [0.5, 0.6) is 0 Å². The summed E-state index contributed by atoms with van der Waals surface area (Å²) in [6, 6.07) is 20.0. The van der Waals surface area contributed by atoms with Gasteiger partial charge in [0.05, 0.1) is 17.1 Å². The lowest BCUT2D eigenvalue weighted by molar-refractivity contribution is -0.118. The van der Waals surface area contributed by atoms with Gasteiger partial charge in [0, 0.05) is 33.9 Å². The van der Waals surface area contributed by atoms with Gasteiger partial charge in [0.15, 0.2) is 5.78 Å². The third-order valence-electron chi connectivity index (χ3n) is 6.18. The van der Waals surface area contributed by atoms with Crippen molar-refractivity contribution in [2.24, 2.45) is 5.41 Å². The van der Waals surface area contributed by atoms with Crippen LogP contribution in [0.4, 0.5) is 11.4 Å². The first-order valence-corrected chi connectivity index (χ1v) is 11.8.